The van der Waals surface area contributed by atoms with Gasteiger partial charge in [-0.15, -0.1) is 0 Å². The Balaban J connectivity index is 1.41. The topological polar surface area (TPSA) is 73.9 Å². The first-order chi connectivity index (χ1) is 14.4. The zero-order valence-corrected chi connectivity index (χ0v) is 18.5. The summed E-state index contributed by atoms with van der Waals surface area (Å²) in [6, 6.07) is 8.12. The van der Waals surface area contributed by atoms with Gasteiger partial charge in [-0.3, -0.25) is 14.5 Å². The molecule has 1 heterocycles. The number of benzene rings is 1. The fraction of sp³-hybridized carbons (Fsp3) is 0.652. The molecule has 2 N–H and O–H groups in total. The van der Waals surface area contributed by atoms with Crippen LogP contribution in [-0.2, 0) is 14.3 Å². The third kappa shape index (κ3) is 6.44. The number of hydrogen-bond donors (Lipinski definition) is 2. The van der Waals surface area contributed by atoms with Crippen molar-refractivity contribution in [3.05, 3.63) is 24.3 Å². The number of carbonyl (C=O) groups excluding carboxylic acids is 2. The van der Waals surface area contributed by atoms with E-state index in [1.807, 2.05) is 24.3 Å². The molecule has 1 saturated heterocycles. The smallest absolute Gasteiger partial charge is 0.238 e. The average molecular weight is 417 g/mol. The number of rotatable bonds is 7. The maximum Gasteiger partial charge on any atom is 0.238 e. The predicted molar refractivity (Wildman–Crippen MR) is 120 cm³/mol. The Labute approximate surface area is 180 Å². The van der Waals surface area contributed by atoms with E-state index in [0.717, 1.165) is 44.1 Å². The van der Waals surface area contributed by atoms with E-state index in [4.69, 9.17) is 4.74 Å². The van der Waals surface area contributed by atoms with E-state index in [1.54, 1.807) is 11.9 Å². The minimum atomic E-state index is -0.121. The Hall–Kier alpha value is -2.12. The van der Waals surface area contributed by atoms with Crippen molar-refractivity contribution in [1.29, 1.82) is 0 Å². The van der Waals surface area contributed by atoms with Gasteiger partial charge in [0, 0.05) is 30.5 Å². The van der Waals surface area contributed by atoms with Crippen LogP contribution < -0.4 is 15.5 Å². The van der Waals surface area contributed by atoms with Gasteiger partial charge in [0.05, 0.1) is 26.3 Å². The van der Waals surface area contributed by atoms with Gasteiger partial charge >= 0.3 is 0 Å². The van der Waals surface area contributed by atoms with Gasteiger partial charge in [-0.1, -0.05) is 26.7 Å². The van der Waals surface area contributed by atoms with Gasteiger partial charge in [-0.25, -0.2) is 0 Å². The summed E-state index contributed by atoms with van der Waals surface area (Å²) in [6.07, 6.45) is 3.45. The van der Waals surface area contributed by atoms with Crippen LogP contribution in [0.2, 0.25) is 0 Å². The Morgan fingerprint density at radius 3 is 2.43 bits per heavy atom. The number of hydrogen-bond acceptors (Lipinski definition) is 5. The number of anilines is 2. The van der Waals surface area contributed by atoms with Crippen molar-refractivity contribution < 1.29 is 14.3 Å². The van der Waals surface area contributed by atoms with Gasteiger partial charge in [-0.05, 0) is 49.6 Å². The molecule has 3 rings (SSSR count). The SMILES string of the molecule is CC1CCCC(NC(=O)CN(C)CC(=O)Nc2ccc(N3CCOCC3)cc2)C1C. The summed E-state index contributed by atoms with van der Waals surface area (Å²) in [4.78, 5) is 28.8. The summed E-state index contributed by atoms with van der Waals surface area (Å²) < 4.78 is 5.38. The molecule has 30 heavy (non-hydrogen) atoms. The number of carbonyl (C=O) groups is 2. The summed E-state index contributed by atoms with van der Waals surface area (Å²) in [5.74, 6) is 1.01. The summed E-state index contributed by atoms with van der Waals surface area (Å²) >= 11 is 0. The molecule has 0 bridgehead atoms. The summed E-state index contributed by atoms with van der Waals surface area (Å²) in [5, 5.41) is 6.08. The van der Waals surface area contributed by atoms with E-state index >= 15 is 0 Å². The van der Waals surface area contributed by atoms with Crippen LogP contribution in [0.1, 0.15) is 33.1 Å². The van der Waals surface area contributed by atoms with Gasteiger partial charge in [0.25, 0.3) is 0 Å². The highest BCUT2D eigenvalue weighted by molar-refractivity contribution is 5.92. The third-order valence-electron chi connectivity index (χ3n) is 6.41. The Kier molecular flexibility index (Phi) is 8.10. The van der Waals surface area contributed by atoms with Crippen LogP contribution in [-0.4, -0.2) is 69.2 Å². The standard InChI is InChI=1S/C23H36N4O3/c1-17-5-4-6-21(18(17)2)25-23(29)16-26(3)15-22(28)24-19-7-9-20(10-8-19)27-11-13-30-14-12-27/h7-10,17-18,21H,4-6,11-16H2,1-3H3,(H,24,28)(H,25,29). The van der Waals surface area contributed by atoms with E-state index in [9.17, 15) is 9.59 Å². The molecule has 1 aromatic carbocycles. The summed E-state index contributed by atoms with van der Waals surface area (Å²) in [6.45, 7) is 8.14. The zero-order valence-electron chi connectivity index (χ0n) is 18.5. The van der Waals surface area contributed by atoms with Crippen LogP contribution in [0.5, 0.6) is 0 Å². The highest BCUT2D eigenvalue weighted by Gasteiger charge is 2.28. The molecule has 7 nitrogen and oxygen atoms in total. The lowest BCUT2D eigenvalue weighted by Gasteiger charge is -2.34. The fourth-order valence-corrected chi connectivity index (χ4v) is 4.36. The number of nitrogens with one attached hydrogen (secondary N) is 2. The third-order valence-corrected chi connectivity index (χ3v) is 6.41. The van der Waals surface area contributed by atoms with Crippen molar-refractivity contribution in [3.63, 3.8) is 0 Å². The molecule has 2 fully saturated rings. The number of ether oxygens (including phenoxy) is 1. The summed E-state index contributed by atoms with van der Waals surface area (Å²) in [7, 11) is 1.80. The Morgan fingerprint density at radius 1 is 1.07 bits per heavy atom. The fourth-order valence-electron chi connectivity index (χ4n) is 4.36. The predicted octanol–water partition coefficient (Wildman–Crippen LogP) is 2.33. The molecule has 166 valence electrons. The molecule has 0 spiro atoms. The lowest BCUT2D eigenvalue weighted by atomic mass is 9.78. The van der Waals surface area contributed by atoms with Gasteiger partial charge in [0.1, 0.15) is 0 Å². The first kappa shape index (κ1) is 22.6. The molecular formula is C23H36N4O3. The lowest BCUT2D eigenvalue weighted by molar-refractivity contribution is -0.124. The minimum Gasteiger partial charge on any atom is -0.378 e. The minimum absolute atomic E-state index is 0.00823. The van der Waals surface area contributed by atoms with Crippen molar-refractivity contribution >= 4 is 23.2 Å². The van der Waals surface area contributed by atoms with Crippen molar-refractivity contribution in [2.45, 2.75) is 39.2 Å². The zero-order chi connectivity index (χ0) is 21.5. The van der Waals surface area contributed by atoms with Gasteiger partial charge in [0.2, 0.25) is 11.8 Å². The lowest BCUT2D eigenvalue weighted by Crippen LogP contribution is -2.47. The van der Waals surface area contributed by atoms with Crippen LogP contribution in [0.25, 0.3) is 0 Å². The van der Waals surface area contributed by atoms with E-state index in [1.165, 1.54) is 12.8 Å². The van der Waals surface area contributed by atoms with Crippen molar-refractivity contribution in [3.8, 4) is 0 Å². The molecule has 1 aliphatic carbocycles. The first-order valence-corrected chi connectivity index (χ1v) is 11.1. The normalized spacial score (nSPS) is 24.5. The molecule has 0 aromatic heterocycles. The largest absolute Gasteiger partial charge is 0.378 e. The second kappa shape index (κ2) is 10.8. The molecule has 1 aromatic rings. The molecule has 7 heteroatoms. The van der Waals surface area contributed by atoms with E-state index in [2.05, 4.69) is 29.4 Å². The number of likely N-dealkylation sites (N-methyl/N-ethyl adjacent to an activating group) is 1. The molecule has 3 unspecified atom stereocenters. The molecule has 2 aliphatic rings. The van der Waals surface area contributed by atoms with Gasteiger partial charge in [-0.2, -0.15) is 0 Å². The van der Waals surface area contributed by atoms with E-state index in [0.29, 0.717) is 11.8 Å². The monoisotopic (exact) mass is 416 g/mol. The van der Waals surface area contributed by atoms with E-state index in [-0.39, 0.29) is 30.9 Å². The second-order valence-corrected chi connectivity index (χ2v) is 8.81. The molecule has 3 atom stereocenters. The van der Waals surface area contributed by atoms with Crippen LogP contribution >= 0.6 is 0 Å². The van der Waals surface area contributed by atoms with Crippen LogP contribution in [0.3, 0.4) is 0 Å². The van der Waals surface area contributed by atoms with Crippen molar-refractivity contribution in [1.82, 2.24) is 10.2 Å². The van der Waals surface area contributed by atoms with E-state index < -0.39 is 0 Å². The van der Waals surface area contributed by atoms with Crippen molar-refractivity contribution in [2.24, 2.45) is 11.8 Å². The van der Waals surface area contributed by atoms with Crippen LogP contribution in [0.15, 0.2) is 24.3 Å². The molecule has 2 amide bonds. The Bertz CT molecular complexity index is 703. The van der Waals surface area contributed by atoms with Gasteiger partial charge in [0.15, 0.2) is 0 Å². The molecule has 0 radical (unpaired) electrons. The maximum atomic E-state index is 12.4. The number of amides is 2. The highest BCUT2D eigenvalue weighted by Crippen LogP contribution is 2.29. The quantitative estimate of drug-likeness (QED) is 0.714. The average Bonchev–Trinajstić information content (AvgIpc) is 2.72. The highest BCUT2D eigenvalue weighted by atomic mass is 16.5. The summed E-state index contributed by atoms with van der Waals surface area (Å²) in [5.41, 5.74) is 1.90. The molecule has 1 saturated carbocycles. The second-order valence-electron chi connectivity index (χ2n) is 8.81. The maximum absolute atomic E-state index is 12.4. The van der Waals surface area contributed by atoms with Crippen molar-refractivity contribution in [2.75, 3.05) is 56.7 Å². The molecular weight excluding hydrogens is 380 g/mol. The molecule has 1 aliphatic heterocycles. The Morgan fingerprint density at radius 2 is 1.73 bits per heavy atom. The van der Waals surface area contributed by atoms with Gasteiger partial charge < -0.3 is 20.3 Å². The number of morpholine rings is 1. The van der Waals surface area contributed by atoms with Crippen LogP contribution in [0, 0.1) is 11.8 Å². The van der Waals surface area contributed by atoms with Crippen LogP contribution in [0.4, 0.5) is 11.4 Å². The first-order valence-electron chi connectivity index (χ1n) is 11.1. The number of nitrogens with zero attached hydrogens (tertiary/aromatic N) is 2.